The second-order valence-electron chi connectivity index (χ2n) is 9.67. The second kappa shape index (κ2) is 11.8. The van der Waals surface area contributed by atoms with E-state index in [2.05, 4.69) is 25.9 Å². The molecule has 43 heavy (non-hydrogen) atoms. The average Bonchev–Trinajstić information content (AvgIpc) is 3.29. The molecule has 0 radical (unpaired) electrons. The van der Waals surface area contributed by atoms with Crippen LogP contribution < -0.4 is 10.6 Å². The highest BCUT2D eigenvalue weighted by atomic mass is 35.5. The Morgan fingerprint density at radius 3 is 2.26 bits per heavy atom. The van der Waals surface area contributed by atoms with E-state index in [1.165, 1.54) is 57.2 Å². The predicted octanol–water partition coefficient (Wildman–Crippen LogP) is 6.18. The molecule has 3 aromatic rings. The zero-order valence-corrected chi connectivity index (χ0v) is 23.0. The Balaban J connectivity index is 1.90. The van der Waals surface area contributed by atoms with Crippen LogP contribution in [0.2, 0.25) is 5.02 Å². The molecule has 18 heteroatoms. The monoisotopic (exact) mass is 640 g/mol. The summed E-state index contributed by atoms with van der Waals surface area (Å²) < 4.78 is 105. The van der Waals surface area contributed by atoms with Gasteiger partial charge in [-0.15, -0.1) is 5.10 Å². The quantitative estimate of drug-likeness (QED) is 0.118. The van der Waals surface area contributed by atoms with E-state index < -0.39 is 53.8 Å². The Morgan fingerprint density at radius 1 is 1.05 bits per heavy atom. The lowest BCUT2D eigenvalue weighted by Gasteiger charge is -2.22. The van der Waals surface area contributed by atoms with Crippen molar-refractivity contribution in [3.05, 3.63) is 75.3 Å². The van der Waals surface area contributed by atoms with Crippen LogP contribution >= 0.6 is 11.6 Å². The number of rotatable bonds is 8. The van der Waals surface area contributed by atoms with Crippen LogP contribution in [0.15, 0.2) is 41.6 Å². The van der Waals surface area contributed by atoms with Crippen LogP contribution in [-0.4, -0.2) is 49.7 Å². The molecule has 232 valence electrons. The molecule has 1 aromatic heterocycles. The summed E-state index contributed by atoms with van der Waals surface area (Å²) in [5.74, 6) is -11.8. The smallest absolute Gasteiger partial charge is 0.411 e. The molecular weight excluding hydrogens is 620 g/mol. The van der Waals surface area contributed by atoms with Crippen LogP contribution in [0.4, 0.5) is 40.8 Å². The SMILES string of the molecule is Cc1cc(Cn2nc(C(F)(F)C(F)(F)F)nc2C(F)(F)F)ccc1NC(=O)c1cccc(Cl)c1C(=O)NC(C)(C)C=NO. The van der Waals surface area contributed by atoms with Crippen molar-refractivity contribution in [1.82, 2.24) is 20.1 Å². The van der Waals surface area contributed by atoms with E-state index in [0.717, 1.165) is 6.21 Å². The number of alkyl halides is 8. The molecule has 9 nitrogen and oxygen atoms in total. The first-order valence-electron chi connectivity index (χ1n) is 11.9. The van der Waals surface area contributed by atoms with Crippen molar-refractivity contribution in [3.8, 4) is 0 Å². The Hall–Kier alpha value is -4.28. The third-order valence-corrected chi connectivity index (χ3v) is 6.05. The molecule has 2 aromatic carbocycles. The fraction of sp³-hybridized carbons (Fsp3) is 0.320. The number of carbonyl (C=O) groups excluding carboxylic acids is 2. The van der Waals surface area contributed by atoms with Crippen molar-refractivity contribution in [1.29, 1.82) is 0 Å². The number of oxime groups is 1. The van der Waals surface area contributed by atoms with Crippen molar-refractivity contribution in [3.63, 3.8) is 0 Å². The van der Waals surface area contributed by atoms with Crippen LogP contribution in [0.5, 0.6) is 0 Å². The highest BCUT2D eigenvalue weighted by Gasteiger charge is 2.62. The zero-order chi connectivity index (χ0) is 32.5. The Bertz CT molecular complexity index is 1570. The third-order valence-electron chi connectivity index (χ3n) is 5.73. The second-order valence-corrected chi connectivity index (χ2v) is 10.1. The molecule has 0 unspecified atom stereocenters. The van der Waals surface area contributed by atoms with Crippen LogP contribution in [0.25, 0.3) is 0 Å². The number of hydrogen-bond donors (Lipinski definition) is 3. The molecule has 2 amide bonds. The first kappa shape index (κ1) is 33.2. The van der Waals surface area contributed by atoms with Crippen molar-refractivity contribution in [2.24, 2.45) is 5.16 Å². The molecule has 1 heterocycles. The average molecular weight is 641 g/mol. The van der Waals surface area contributed by atoms with Gasteiger partial charge >= 0.3 is 18.3 Å². The molecule has 0 aliphatic heterocycles. The minimum Gasteiger partial charge on any atom is -0.411 e. The van der Waals surface area contributed by atoms with Gasteiger partial charge in [0.15, 0.2) is 0 Å². The van der Waals surface area contributed by atoms with Gasteiger partial charge in [-0.3, -0.25) is 9.59 Å². The minimum atomic E-state index is -6.23. The van der Waals surface area contributed by atoms with E-state index in [9.17, 15) is 44.7 Å². The summed E-state index contributed by atoms with van der Waals surface area (Å²) in [5.41, 5.74) is -1.16. The lowest BCUT2D eigenvalue weighted by atomic mass is 10.0. The van der Waals surface area contributed by atoms with Gasteiger partial charge in [0.1, 0.15) is 0 Å². The summed E-state index contributed by atoms with van der Waals surface area (Å²) in [6.07, 6.45) is -10.6. The van der Waals surface area contributed by atoms with E-state index in [1.807, 2.05) is 0 Å². The zero-order valence-electron chi connectivity index (χ0n) is 22.2. The number of carbonyl (C=O) groups is 2. The molecule has 0 bridgehead atoms. The van der Waals surface area contributed by atoms with Crippen LogP contribution in [0, 0.1) is 6.92 Å². The van der Waals surface area contributed by atoms with Crippen LogP contribution in [-0.2, 0) is 18.6 Å². The standard InChI is InChI=1S/C25H21ClF8N6O3/c1-12-9-13(10-40-21(24(29,30)31)37-20(39-40)23(27,28)25(32,33)34)7-8-16(12)36-18(41)14-5-4-6-15(26)17(14)19(42)38-22(2,3)11-35-43/h4-9,11,43H,10H2,1-3H3,(H,36,41)(H,38,42). The van der Waals surface area contributed by atoms with Gasteiger partial charge < -0.3 is 15.8 Å². The van der Waals surface area contributed by atoms with Gasteiger partial charge in [0.2, 0.25) is 11.6 Å². The van der Waals surface area contributed by atoms with E-state index in [4.69, 9.17) is 16.8 Å². The number of nitrogens with one attached hydrogen (secondary N) is 2. The van der Waals surface area contributed by atoms with Gasteiger partial charge in [-0.25, -0.2) is 9.67 Å². The van der Waals surface area contributed by atoms with Gasteiger partial charge in [0, 0.05) is 5.69 Å². The van der Waals surface area contributed by atoms with E-state index in [0.29, 0.717) is 0 Å². The highest BCUT2D eigenvalue weighted by molar-refractivity contribution is 6.35. The van der Waals surface area contributed by atoms with E-state index in [1.54, 1.807) is 0 Å². The summed E-state index contributed by atoms with van der Waals surface area (Å²) in [6.45, 7) is 3.55. The molecule has 0 saturated carbocycles. The predicted molar refractivity (Wildman–Crippen MR) is 136 cm³/mol. The lowest BCUT2D eigenvalue weighted by molar-refractivity contribution is -0.292. The van der Waals surface area contributed by atoms with Crippen molar-refractivity contribution in [2.75, 3.05) is 5.32 Å². The topological polar surface area (TPSA) is 122 Å². The summed E-state index contributed by atoms with van der Waals surface area (Å²) in [4.78, 5) is 28.5. The number of aryl methyl sites for hydroxylation is 1. The summed E-state index contributed by atoms with van der Waals surface area (Å²) in [5, 5.41) is 19.4. The number of aromatic nitrogens is 3. The fourth-order valence-electron chi connectivity index (χ4n) is 3.72. The maximum atomic E-state index is 13.7. The minimum absolute atomic E-state index is 0.0108. The number of nitrogens with zero attached hydrogens (tertiary/aromatic N) is 4. The number of hydrogen-bond acceptors (Lipinski definition) is 6. The Labute approximate surface area is 242 Å². The first-order chi connectivity index (χ1) is 19.7. The maximum absolute atomic E-state index is 13.7. The van der Waals surface area contributed by atoms with Gasteiger partial charge in [0.25, 0.3) is 11.8 Å². The molecule has 3 N–H and O–H groups in total. The summed E-state index contributed by atoms with van der Waals surface area (Å²) >= 11 is 6.18. The summed E-state index contributed by atoms with van der Waals surface area (Å²) in [6, 6.07) is 7.70. The van der Waals surface area contributed by atoms with E-state index >= 15 is 0 Å². The molecule has 3 rings (SSSR count). The van der Waals surface area contributed by atoms with Gasteiger partial charge in [-0.2, -0.15) is 35.1 Å². The summed E-state index contributed by atoms with van der Waals surface area (Å²) in [7, 11) is 0. The van der Waals surface area contributed by atoms with Crippen LogP contribution in [0.3, 0.4) is 0 Å². The Morgan fingerprint density at radius 2 is 1.70 bits per heavy atom. The van der Waals surface area contributed by atoms with Crippen LogP contribution in [0.1, 0.15) is 57.3 Å². The Kier molecular flexibility index (Phi) is 9.10. The normalized spacial score (nSPS) is 12.9. The largest absolute Gasteiger partial charge is 0.461 e. The first-order valence-corrected chi connectivity index (χ1v) is 12.2. The number of benzene rings is 2. The van der Waals surface area contributed by atoms with Gasteiger partial charge in [0.05, 0.1) is 34.4 Å². The molecule has 0 aliphatic rings. The lowest BCUT2D eigenvalue weighted by Crippen LogP contribution is -2.45. The molecule has 0 spiro atoms. The number of amides is 2. The molecule has 0 aliphatic carbocycles. The maximum Gasteiger partial charge on any atom is 0.461 e. The third kappa shape index (κ3) is 7.39. The molecule has 0 saturated heterocycles. The highest BCUT2D eigenvalue weighted by Crippen LogP contribution is 2.43. The molecule has 0 atom stereocenters. The van der Waals surface area contributed by atoms with Crippen molar-refractivity contribution in [2.45, 2.75) is 51.1 Å². The number of halogens is 9. The van der Waals surface area contributed by atoms with Gasteiger partial charge in [-0.1, -0.05) is 35.0 Å². The van der Waals surface area contributed by atoms with Crippen molar-refractivity contribution < 1.29 is 49.9 Å². The van der Waals surface area contributed by atoms with Gasteiger partial charge in [-0.05, 0) is 50.1 Å². The van der Waals surface area contributed by atoms with Crippen molar-refractivity contribution >= 4 is 35.3 Å². The molecule has 0 fully saturated rings. The fourth-order valence-corrected chi connectivity index (χ4v) is 3.98. The molecular formula is C25H21ClF8N6O3. The van der Waals surface area contributed by atoms with E-state index in [-0.39, 0.29) is 37.6 Å². The number of anilines is 1.